The number of fused-ring (bicyclic) bond motifs is 2. The van der Waals surface area contributed by atoms with E-state index in [1.54, 1.807) is 11.0 Å². The van der Waals surface area contributed by atoms with Crippen molar-refractivity contribution in [3.8, 4) is 0 Å². The lowest BCUT2D eigenvalue weighted by Gasteiger charge is -2.50. The van der Waals surface area contributed by atoms with E-state index in [2.05, 4.69) is 4.98 Å². The number of nitrogens with zero attached hydrogens (tertiary/aromatic N) is 2. The molecule has 1 N–H and O–H groups in total. The quantitative estimate of drug-likeness (QED) is 0.839. The number of aliphatic hydroxyl groups is 1. The van der Waals surface area contributed by atoms with Crippen LogP contribution in [-0.4, -0.2) is 46.4 Å². The average molecular weight is 372 g/mol. The Morgan fingerprint density at radius 1 is 1.22 bits per heavy atom. The van der Waals surface area contributed by atoms with Gasteiger partial charge in [0.05, 0.1) is 30.9 Å². The molecule has 1 amide bonds. The van der Waals surface area contributed by atoms with Crippen molar-refractivity contribution in [1.82, 2.24) is 9.88 Å². The third kappa shape index (κ3) is 3.65. The summed E-state index contributed by atoms with van der Waals surface area (Å²) in [5.41, 5.74) is 0.298. The van der Waals surface area contributed by atoms with Crippen molar-refractivity contribution in [3.05, 3.63) is 65.7 Å². The minimum absolute atomic E-state index is 0.197. The van der Waals surface area contributed by atoms with Gasteiger partial charge in [0.2, 0.25) is 5.95 Å². The summed E-state index contributed by atoms with van der Waals surface area (Å²) in [4.78, 5) is 18.0. The Kier molecular flexibility index (Phi) is 4.80. The van der Waals surface area contributed by atoms with Crippen molar-refractivity contribution in [2.24, 2.45) is 0 Å². The number of pyridine rings is 1. The minimum Gasteiger partial charge on any atom is -0.445 e. The SMILES string of the molecule is O=C(OCc1ccccc1)N1C2COCC1CC(O)(c1ccc(F)nc1)C2. The van der Waals surface area contributed by atoms with E-state index >= 15 is 0 Å². The van der Waals surface area contributed by atoms with Gasteiger partial charge in [-0.15, -0.1) is 0 Å². The second-order valence-electron chi connectivity index (χ2n) is 7.10. The van der Waals surface area contributed by atoms with Crippen LogP contribution in [-0.2, 0) is 21.7 Å². The summed E-state index contributed by atoms with van der Waals surface area (Å²) in [6.07, 6.45) is 1.53. The molecule has 0 spiro atoms. The Morgan fingerprint density at radius 3 is 2.56 bits per heavy atom. The number of halogens is 1. The second-order valence-corrected chi connectivity index (χ2v) is 7.10. The van der Waals surface area contributed by atoms with Gasteiger partial charge in [0.15, 0.2) is 0 Å². The number of morpholine rings is 1. The highest BCUT2D eigenvalue weighted by molar-refractivity contribution is 5.69. The van der Waals surface area contributed by atoms with Crippen molar-refractivity contribution in [2.45, 2.75) is 37.1 Å². The first-order chi connectivity index (χ1) is 13.0. The van der Waals surface area contributed by atoms with Gasteiger partial charge in [0, 0.05) is 24.6 Å². The molecule has 0 radical (unpaired) electrons. The molecule has 4 rings (SSSR count). The van der Waals surface area contributed by atoms with Gasteiger partial charge in [0.1, 0.15) is 6.61 Å². The fraction of sp³-hybridized carbons (Fsp3) is 0.400. The molecule has 2 aliphatic heterocycles. The normalized spacial score (nSPS) is 27.3. The highest BCUT2D eigenvalue weighted by Crippen LogP contribution is 2.41. The van der Waals surface area contributed by atoms with Gasteiger partial charge in [-0.1, -0.05) is 36.4 Å². The number of rotatable bonds is 3. The van der Waals surface area contributed by atoms with Crippen LogP contribution in [0.15, 0.2) is 48.7 Å². The predicted octanol–water partition coefficient (Wildman–Crippen LogP) is 2.61. The molecule has 1 aromatic carbocycles. The van der Waals surface area contributed by atoms with Crippen molar-refractivity contribution in [2.75, 3.05) is 13.2 Å². The maximum Gasteiger partial charge on any atom is 0.410 e. The lowest BCUT2D eigenvalue weighted by Crippen LogP contribution is -2.62. The number of ether oxygens (including phenoxy) is 2. The Morgan fingerprint density at radius 2 is 1.93 bits per heavy atom. The Balaban J connectivity index is 1.48. The molecule has 1 aromatic heterocycles. The van der Waals surface area contributed by atoms with Crippen LogP contribution >= 0.6 is 0 Å². The zero-order chi connectivity index (χ0) is 18.9. The van der Waals surface area contributed by atoms with Gasteiger partial charge in [-0.05, 0) is 11.6 Å². The third-order valence-corrected chi connectivity index (χ3v) is 5.23. The van der Waals surface area contributed by atoms with E-state index in [4.69, 9.17) is 9.47 Å². The van der Waals surface area contributed by atoms with Crippen molar-refractivity contribution < 1.29 is 23.8 Å². The van der Waals surface area contributed by atoms with Gasteiger partial charge >= 0.3 is 6.09 Å². The van der Waals surface area contributed by atoms with Crippen LogP contribution in [0.25, 0.3) is 0 Å². The summed E-state index contributed by atoms with van der Waals surface area (Å²) in [6, 6.07) is 11.6. The van der Waals surface area contributed by atoms with Crippen LogP contribution in [0, 0.1) is 5.95 Å². The van der Waals surface area contributed by atoms with Gasteiger partial charge in [-0.25, -0.2) is 9.78 Å². The molecule has 2 bridgehead atoms. The largest absolute Gasteiger partial charge is 0.445 e. The summed E-state index contributed by atoms with van der Waals surface area (Å²) in [6.45, 7) is 0.852. The predicted molar refractivity (Wildman–Crippen MR) is 94.2 cm³/mol. The number of hydrogen-bond donors (Lipinski definition) is 1. The topological polar surface area (TPSA) is 71.9 Å². The second kappa shape index (κ2) is 7.25. The van der Waals surface area contributed by atoms with Gasteiger partial charge in [0.25, 0.3) is 0 Å². The number of hydrogen-bond acceptors (Lipinski definition) is 5. The molecular weight excluding hydrogens is 351 g/mol. The number of piperidine rings is 1. The summed E-state index contributed by atoms with van der Waals surface area (Å²) in [5, 5.41) is 11.1. The van der Waals surface area contributed by atoms with E-state index in [1.165, 1.54) is 12.3 Å². The van der Waals surface area contributed by atoms with E-state index in [1.807, 2.05) is 30.3 Å². The van der Waals surface area contributed by atoms with Crippen LogP contribution in [0.2, 0.25) is 0 Å². The van der Waals surface area contributed by atoms with E-state index in [9.17, 15) is 14.3 Å². The molecule has 6 nitrogen and oxygen atoms in total. The van der Waals surface area contributed by atoms with E-state index in [0.717, 1.165) is 5.56 Å². The van der Waals surface area contributed by atoms with Crippen LogP contribution in [0.3, 0.4) is 0 Å². The van der Waals surface area contributed by atoms with Gasteiger partial charge < -0.3 is 14.6 Å². The highest BCUT2D eigenvalue weighted by atomic mass is 19.1. The van der Waals surface area contributed by atoms with Crippen molar-refractivity contribution in [3.63, 3.8) is 0 Å². The van der Waals surface area contributed by atoms with E-state index in [0.29, 0.717) is 18.8 Å². The van der Waals surface area contributed by atoms with Crippen LogP contribution in [0.4, 0.5) is 9.18 Å². The minimum atomic E-state index is -1.17. The Hall–Kier alpha value is -2.51. The Bertz CT molecular complexity index is 785. The van der Waals surface area contributed by atoms with Gasteiger partial charge in [-0.3, -0.25) is 4.90 Å². The molecule has 142 valence electrons. The fourth-order valence-corrected chi connectivity index (χ4v) is 3.96. The maximum absolute atomic E-state index is 13.1. The first kappa shape index (κ1) is 17.9. The van der Waals surface area contributed by atoms with E-state index < -0.39 is 17.6 Å². The molecule has 2 aromatic rings. The zero-order valence-corrected chi connectivity index (χ0v) is 14.8. The monoisotopic (exact) mass is 372 g/mol. The average Bonchev–Trinajstić information content (AvgIpc) is 2.67. The fourth-order valence-electron chi connectivity index (χ4n) is 3.96. The lowest BCUT2D eigenvalue weighted by atomic mass is 9.77. The molecule has 2 atom stereocenters. The summed E-state index contributed by atoms with van der Waals surface area (Å²) in [7, 11) is 0. The molecule has 3 heterocycles. The van der Waals surface area contributed by atoms with Crippen molar-refractivity contribution >= 4 is 6.09 Å². The molecule has 2 unspecified atom stereocenters. The standard InChI is InChI=1S/C20H21FN2O4/c21-18-7-6-15(10-22-18)20(25)8-16-12-26-13-17(9-20)23(16)19(24)27-11-14-4-2-1-3-5-14/h1-7,10,16-17,25H,8-9,11-13H2. The van der Waals surface area contributed by atoms with Crippen LogP contribution < -0.4 is 0 Å². The first-order valence-electron chi connectivity index (χ1n) is 8.96. The molecule has 7 heteroatoms. The Labute approximate surface area is 156 Å². The summed E-state index contributed by atoms with van der Waals surface area (Å²) in [5.74, 6) is -0.590. The lowest BCUT2D eigenvalue weighted by molar-refractivity contribution is -0.137. The summed E-state index contributed by atoms with van der Waals surface area (Å²) < 4.78 is 24.2. The van der Waals surface area contributed by atoms with Crippen molar-refractivity contribution in [1.29, 1.82) is 0 Å². The van der Waals surface area contributed by atoms with Gasteiger partial charge in [-0.2, -0.15) is 4.39 Å². The highest BCUT2D eigenvalue weighted by Gasteiger charge is 2.49. The molecule has 0 aliphatic carbocycles. The third-order valence-electron chi connectivity index (χ3n) is 5.23. The van der Waals surface area contributed by atoms with E-state index in [-0.39, 0.29) is 31.5 Å². The molecule has 27 heavy (non-hydrogen) atoms. The number of amides is 1. The van der Waals surface area contributed by atoms with Crippen LogP contribution in [0.5, 0.6) is 0 Å². The summed E-state index contributed by atoms with van der Waals surface area (Å²) >= 11 is 0. The molecule has 0 saturated carbocycles. The first-order valence-corrected chi connectivity index (χ1v) is 8.96. The number of carbonyl (C=O) groups excluding carboxylic acids is 1. The molecule has 2 fully saturated rings. The zero-order valence-electron chi connectivity index (χ0n) is 14.8. The molecule has 2 aliphatic rings. The number of carbonyl (C=O) groups is 1. The maximum atomic E-state index is 13.1. The molecular formula is C20H21FN2O4. The number of benzene rings is 1. The number of aromatic nitrogens is 1. The van der Waals surface area contributed by atoms with Crippen LogP contribution in [0.1, 0.15) is 24.0 Å². The molecule has 2 saturated heterocycles. The smallest absolute Gasteiger partial charge is 0.410 e.